The van der Waals surface area contributed by atoms with Crippen LogP contribution in [-0.2, 0) is 33.5 Å². The highest BCUT2D eigenvalue weighted by atomic mass is 19.4. The van der Waals surface area contributed by atoms with E-state index in [1.165, 1.54) is 12.0 Å². The normalized spacial score (nSPS) is 14.8. The Labute approximate surface area is 124 Å². The van der Waals surface area contributed by atoms with Crippen LogP contribution in [0.15, 0.2) is 24.4 Å². The van der Waals surface area contributed by atoms with E-state index in [4.69, 9.17) is 0 Å². The molecule has 0 aromatic carbocycles. The van der Waals surface area contributed by atoms with Crippen molar-refractivity contribution in [1.82, 2.24) is 9.88 Å². The molecule has 0 fully saturated rings. The van der Waals surface area contributed by atoms with Gasteiger partial charge in [0.15, 0.2) is 0 Å². The number of aromatic nitrogens is 1. The summed E-state index contributed by atoms with van der Waals surface area (Å²) >= 11 is 0. The van der Waals surface area contributed by atoms with E-state index in [0.29, 0.717) is 24.2 Å². The summed E-state index contributed by atoms with van der Waals surface area (Å²) in [4.78, 5) is 28.0. The number of alkyl halides is 3. The molecule has 8 heteroatoms. The number of amides is 1. The Kier molecular flexibility index (Phi) is 4.48. The molecule has 0 aliphatic carbocycles. The van der Waals surface area contributed by atoms with Crippen molar-refractivity contribution in [3.05, 3.63) is 41.2 Å². The van der Waals surface area contributed by atoms with Crippen molar-refractivity contribution in [1.29, 1.82) is 0 Å². The maximum Gasteiger partial charge on any atom is 0.417 e. The minimum Gasteiger partial charge on any atom is -0.466 e. The molecule has 0 saturated heterocycles. The van der Waals surface area contributed by atoms with Crippen molar-refractivity contribution in [3.8, 4) is 0 Å². The highest BCUT2D eigenvalue weighted by molar-refractivity contribution is 5.94. The molecule has 2 heterocycles. The van der Waals surface area contributed by atoms with Crippen molar-refractivity contribution in [3.63, 3.8) is 0 Å². The molecule has 0 radical (unpaired) electrons. The molecular weight excluding hydrogens is 301 g/mol. The molecule has 1 amide bonds. The third-order valence-corrected chi connectivity index (χ3v) is 3.24. The first-order valence-electron chi connectivity index (χ1n) is 6.41. The van der Waals surface area contributed by atoms with Crippen LogP contribution in [0.5, 0.6) is 0 Å². The summed E-state index contributed by atoms with van der Waals surface area (Å²) in [5, 5.41) is 0. The van der Waals surface area contributed by atoms with Crippen LogP contribution in [0, 0.1) is 0 Å². The molecule has 0 unspecified atom stereocenters. The van der Waals surface area contributed by atoms with E-state index in [0.717, 1.165) is 24.4 Å². The molecule has 0 bridgehead atoms. The summed E-state index contributed by atoms with van der Waals surface area (Å²) < 4.78 is 42.4. The molecule has 5 nitrogen and oxygen atoms in total. The number of fused-ring (bicyclic) bond motifs is 1. The smallest absolute Gasteiger partial charge is 0.417 e. The first-order chi connectivity index (χ1) is 10.3. The molecule has 1 aliphatic heterocycles. The van der Waals surface area contributed by atoms with Crippen molar-refractivity contribution < 1.29 is 27.5 Å². The van der Waals surface area contributed by atoms with Gasteiger partial charge in [-0.2, -0.15) is 13.2 Å². The maximum absolute atomic E-state index is 12.7. The minimum absolute atomic E-state index is 0.0244. The van der Waals surface area contributed by atoms with Gasteiger partial charge >= 0.3 is 12.1 Å². The number of ether oxygens (including phenoxy) is 1. The minimum atomic E-state index is -4.47. The summed E-state index contributed by atoms with van der Waals surface area (Å²) in [6, 6.07) is 1.01. The number of esters is 1. The monoisotopic (exact) mass is 314 g/mol. The zero-order valence-corrected chi connectivity index (χ0v) is 11.7. The lowest BCUT2D eigenvalue weighted by atomic mass is 10.0. The largest absolute Gasteiger partial charge is 0.466 e. The van der Waals surface area contributed by atoms with E-state index in [-0.39, 0.29) is 6.54 Å². The van der Waals surface area contributed by atoms with Crippen LogP contribution in [0.1, 0.15) is 16.8 Å². The number of hydrogen-bond acceptors (Lipinski definition) is 4. The second-order valence-electron chi connectivity index (χ2n) is 4.69. The number of halogens is 3. The lowest BCUT2D eigenvalue weighted by Crippen LogP contribution is -2.35. The van der Waals surface area contributed by atoms with E-state index in [2.05, 4.69) is 9.72 Å². The molecule has 1 aromatic rings. The Hall–Kier alpha value is -2.38. The number of hydrogen-bond donors (Lipinski definition) is 0. The molecule has 0 N–H and O–H groups in total. The van der Waals surface area contributed by atoms with Crippen LogP contribution in [0.3, 0.4) is 0 Å². The maximum atomic E-state index is 12.7. The molecule has 22 heavy (non-hydrogen) atoms. The molecule has 118 valence electrons. The average molecular weight is 314 g/mol. The summed E-state index contributed by atoms with van der Waals surface area (Å²) in [7, 11) is 1.18. The molecule has 0 saturated carbocycles. The van der Waals surface area contributed by atoms with Gasteiger partial charge in [-0.05, 0) is 11.6 Å². The second kappa shape index (κ2) is 6.17. The van der Waals surface area contributed by atoms with Crippen LogP contribution in [0.4, 0.5) is 13.2 Å². The summed E-state index contributed by atoms with van der Waals surface area (Å²) in [5.74, 6) is -1.14. The molecule has 1 aliphatic rings. The highest BCUT2D eigenvalue weighted by Gasteiger charge is 2.32. The zero-order chi connectivity index (χ0) is 16.3. The van der Waals surface area contributed by atoms with Gasteiger partial charge in [-0.1, -0.05) is 0 Å². The van der Waals surface area contributed by atoms with Gasteiger partial charge in [-0.3, -0.25) is 9.78 Å². The van der Waals surface area contributed by atoms with Gasteiger partial charge < -0.3 is 9.64 Å². The standard InChI is InChI=1S/C14H13F3N2O3/c1-22-13(21)3-2-12(20)19-5-4-11-9(8-19)6-10(7-18-11)14(15,16)17/h2-3,6-7H,4-5,8H2,1H3/b3-2+. The van der Waals surface area contributed by atoms with Gasteiger partial charge in [-0.15, -0.1) is 0 Å². The number of carbonyl (C=O) groups is 2. The number of carbonyl (C=O) groups excluding carboxylic acids is 2. The van der Waals surface area contributed by atoms with Crippen molar-refractivity contribution in [2.24, 2.45) is 0 Å². The summed E-state index contributed by atoms with van der Waals surface area (Å²) in [5.41, 5.74) is 0.0699. The fourth-order valence-electron chi connectivity index (χ4n) is 2.08. The van der Waals surface area contributed by atoms with Crippen molar-refractivity contribution >= 4 is 11.9 Å². The molecular formula is C14H13F3N2O3. The van der Waals surface area contributed by atoms with Gasteiger partial charge in [0.1, 0.15) is 0 Å². The Morgan fingerprint density at radius 3 is 2.73 bits per heavy atom. The first kappa shape index (κ1) is 16.0. The van der Waals surface area contributed by atoms with Gasteiger partial charge in [0.05, 0.1) is 12.7 Å². The van der Waals surface area contributed by atoms with E-state index in [1.54, 1.807) is 0 Å². The first-order valence-corrected chi connectivity index (χ1v) is 6.41. The fourth-order valence-corrected chi connectivity index (χ4v) is 2.08. The Balaban J connectivity index is 2.15. The number of rotatable bonds is 2. The van der Waals surface area contributed by atoms with Crippen LogP contribution >= 0.6 is 0 Å². The third-order valence-electron chi connectivity index (χ3n) is 3.24. The number of pyridine rings is 1. The third kappa shape index (κ3) is 3.63. The van der Waals surface area contributed by atoms with Crippen LogP contribution < -0.4 is 0 Å². The molecule has 2 rings (SSSR count). The molecule has 1 aromatic heterocycles. The predicted octanol–water partition coefficient (Wildman–Crippen LogP) is 1.71. The van der Waals surface area contributed by atoms with Crippen LogP contribution in [0.2, 0.25) is 0 Å². The van der Waals surface area contributed by atoms with E-state index < -0.39 is 23.6 Å². The van der Waals surface area contributed by atoms with Crippen LogP contribution in [0.25, 0.3) is 0 Å². The number of nitrogens with zero attached hydrogens (tertiary/aromatic N) is 2. The Bertz CT molecular complexity index is 626. The zero-order valence-electron chi connectivity index (χ0n) is 11.7. The van der Waals surface area contributed by atoms with Gasteiger partial charge in [0.25, 0.3) is 0 Å². The SMILES string of the molecule is COC(=O)/C=C/C(=O)N1CCc2ncc(C(F)(F)F)cc2C1. The lowest BCUT2D eigenvalue weighted by molar-refractivity contribution is -0.138. The van der Waals surface area contributed by atoms with Crippen molar-refractivity contribution in [2.45, 2.75) is 19.1 Å². The summed E-state index contributed by atoms with van der Waals surface area (Å²) in [6.45, 7) is 0.353. The molecule has 0 atom stereocenters. The van der Waals surface area contributed by atoms with E-state index >= 15 is 0 Å². The number of methoxy groups -OCH3 is 1. The Morgan fingerprint density at radius 1 is 1.36 bits per heavy atom. The lowest BCUT2D eigenvalue weighted by Gasteiger charge is -2.27. The predicted molar refractivity (Wildman–Crippen MR) is 69.5 cm³/mol. The average Bonchev–Trinajstić information content (AvgIpc) is 2.50. The topological polar surface area (TPSA) is 59.5 Å². The van der Waals surface area contributed by atoms with Gasteiger partial charge in [0, 0.05) is 43.6 Å². The van der Waals surface area contributed by atoms with E-state index in [1.807, 2.05) is 0 Å². The Morgan fingerprint density at radius 2 is 2.09 bits per heavy atom. The van der Waals surface area contributed by atoms with E-state index in [9.17, 15) is 22.8 Å². The van der Waals surface area contributed by atoms with Crippen LogP contribution in [-0.4, -0.2) is 35.4 Å². The quantitative estimate of drug-likeness (QED) is 0.616. The van der Waals surface area contributed by atoms with Crippen molar-refractivity contribution in [2.75, 3.05) is 13.7 Å². The molecule has 0 spiro atoms. The van der Waals surface area contributed by atoms with Gasteiger partial charge in [-0.25, -0.2) is 4.79 Å². The van der Waals surface area contributed by atoms with Gasteiger partial charge in [0.2, 0.25) is 5.91 Å². The second-order valence-corrected chi connectivity index (χ2v) is 4.69. The highest BCUT2D eigenvalue weighted by Crippen LogP contribution is 2.31. The fraction of sp³-hybridized carbons (Fsp3) is 0.357. The summed E-state index contributed by atoms with van der Waals surface area (Å²) in [6.07, 6.45) is -1.29.